The number of nitrogens with one attached hydrogen (secondary N) is 1. The molecule has 1 saturated heterocycles. The third-order valence-corrected chi connectivity index (χ3v) is 3.85. The summed E-state index contributed by atoms with van der Waals surface area (Å²) in [6, 6.07) is 7.63. The highest BCUT2D eigenvalue weighted by atomic mass is 16.5. The predicted molar refractivity (Wildman–Crippen MR) is 86.8 cm³/mol. The predicted octanol–water partition coefficient (Wildman–Crippen LogP) is -0.575. The average Bonchev–Trinajstić information content (AvgIpc) is 2.62. The second kappa shape index (κ2) is 8.30. The molecule has 1 aliphatic heterocycles. The van der Waals surface area contributed by atoms with Crippen molar-refractivity contribution in [2.24, 2.45) is 5.84 Å². The Morgan fingerprint density at radius 3 is 2.25 bits per heavy atom. The summed E-state index contributed by atoms with van der Waals surface area (Å²) in [6.45, 7) is 3.72. The number of hydrogen-bond donors (Lipinski definition) is 2. The fraction of sp³-hybridized carbons (Fsp3) is 0.438. The molecule has 0 radical (unpaired) electrons. The van der Waals surface area contributed by atoms with E-state index in [0.29, 0.717) is 32.8 Å². The highest BCUT2D eigenvalue weighted by molar-refractivity contribution is 6.34. The summed E-state index contributed by atoms with van der Waals surface area (Å²) >= 11 is 0. The molecule has 0 unspecified atom stereocenters. The Morgan fingerprint density at radius 1 is 1.08 bits per heavy atom. The first-order chi connectivity index (χ1) is 11.5. The van der Waals surface area contributed by atoms with Gasteiger partial charge in [0.2, 0.25) is 5.91 Å². The number of hydrogen-bond acceptors (Lipinski definition) is 5. The first kappa shape index (κ1) is 17.7. The van der Waals surface area contributed by atoms with Crippen LogP contribution in [0.4, 0.5) is 0 Å². The lowest BCUT2D eigenvalue weighted by Crippen LogP contribution is -2.54. The molecule has 8 heteroatoms. The number of amides is 3. The molecule has 2 rings (SSSR count). The van der Waals surface area contributed by atoms with Gasteiger partial charge in [0.25, 0.3) is 0 Å². The van der Waals surface area contributed by atoms with E-state index in [1.807, 2.05) is 36.6 Å². The molecule has 3 N–H and O–H groups in total. The van der Waals surface area contributed by atoms with Gasteiger partial charge in [-0.25, -0.2) is 5.84 Å². The maximum Gasteiger partial charge on any atom is 0.323 e. The zero-order valence-electron chi connectivity index (χ0n) is 13.7. The van der Waals surface area contributed by atoms with Gasteiger partial charge in [0.15, 0.2) is 0 Å². The Morgan fingerprint density at radius 2 is 1.67 bits per heavy atom. The molecule has 1 aromatic carbocycles. The van der Waals surface area contributed by atoms with Gasteiger partial charge in [-0.1, -0.05) is 17.7 Å². The molecule has 0 bridgehead atoms. The van der Waals surface area contributed by atoms with Gasteiger partial charge in [0, 0.05) is 26.2 Å². The molecule has 1 aromatic rings. The van der Waals surface area contributed by atoms with Crippen LogP contribution in [0.15, 0.2) is 24.3 Å². The standard InChI is InChI=1S/C16H22N4O4/c1-12-2-4-13(5-3-12)24-11-6-14(21)19-7-9-20(10-8-19)16(23)15(22)18-17/h2-5H,6-11,17H2,1H3,(H,18,22). The van der Waals surface area contributed by atoms with Crippen LogP contribution in [0.2, 0.25) is 0 Å². The van der Waals surface area contributed by atoms with Gasteiger partial charge in [0.05, 0.1) is 13.0 Å². The minimum atomic E-state index is -0.846. The van der Waals surface area contributed by atoms with Gasteiger partial charge in [-0.15, -0.1) is 0 Å². The minimum Gasteiger partial charge on any atom is -0.493 e. The number of nitrogens with two attached hydrogens (primary N) is 1. The summed E-state index contributed by atoms with van der Waals surface area (Å²) in [5.74, 6) is 4.12. The molecule has 0 aromatic heterocycles. The lowest BCUT2D eigenvalue weighted by atomic mass is 10.2. The number of hydrazine groups is 1. The van der Waals surface area contributed by atoms with Gasteiger partial charge in [-0.05, 0) is 19.1 Å². The van der Waals surface area contributed by atoms with E-state index in [9.17, 15) is 14.4 Å². The van der Waals surface area contributed by atoms with E-state index in [1.165, 1.54) is 4.90 Å². The molecule has 130 valence electrons. The summed E-state index contributed by atoms with van der Waals surface area (Å²) in [5.41, 5.74) is 2.96. The third-order valence-electron chi connectivity index (χ3n) is 3.85. The molecular weight excluding hydrogens is 312 g/mol. The second-order valence-corrected chi connectivity index (χ2v) is 5.56. The SMILES string of the molecule is Cc1ccc(OCCC(=O)N2CCN(C(=O)C(=O)NN)CC2)cc1. The number of nitrogens with zero attached hydrogens (tertiary/aromatic N) is 2. The molecule has 3 amide bonds. The minimum absolute atomic E-state index is 0.0301. The largest absolute Gasteiger partial charge is 0.493 e. The zero-order valence-corrected chi connectivity index (χ0v) is 13.7. The molecule has 0 atom stereocenters. The van der Waals surface area contributed by atoms with Crippen molar-refractivity contribution >= 4 is 17.7 Å². The van der Waals surface area contributed by atoms with E-state index in [2.05, 4.69) is 0 Å². The second-order valence-electron chi connectivity index (χ2n) is 5.56. The van der Waals surface area contributed by atoms with Crippen LogP contribution in [0.3, 0.4) is 0 Å². The summed E-state index contributed by atoms with van der Waals surface area (Å²) in [4.78, 5) is 38.1. The van der Waals surface area contributed by atoms with Crippen molar-refractivity contribution in [3.63, 3.8) is 0 Å². The van der Waals surface area contributed by atoms with Crippen molar-refractivity contribution in [2.45, 2.75) is 13.3 Å². The third kappa shape index (κ3) is 4.69. The number of carbonyl (C=O) groups excluding carboxylic acids is 3. The molecule has 24 heavy (non-hydrogen) atoms. The summed E-state index contributed by atoms with van der Waals surface area (Å²) in [5, 5.41) is 0. The van der Waals surface area contributed by atoms with Gasteiger partial charge >= 0.3 is 11.8 Å². The normalized spacial score (nSPS) is 14.2. The molecule has 0 aliphatic carbocycles. The number of aryl methyl sites for hydroxylation is 1. The van der Waals surface area contributed by atoms with Gasteiger partial charge in [0.1, 0.15) is 5.75 Å². The molecule has 1 fully saturated rings. The van der Waals surface area contributed by atoms with E-state index in [0.717, 1.165) is 11.3 Å². The van der Waals surface area contributed by atoms with Crippen LogP contribution >= 0.6 is 0 Å². The maximum absolute atomic E-state index is 12.2. The quantitative estimate of drug-likeness (QED) is 0.332. The average molecular weight is 334 g/mol. The maximum atomic E-state index is 12.2. The highest BCUT2D eigenvalue weighted by Crippen LogP contribution is 2.12. The van der Waals surface area contributed by atoms with Crippen LogP contribution in [0.1, 0.15) is 12.0 Å². The Hall–Kier alpha value is -2.61. The Balaban J connectivity index is 1.71. The topological polar surface area (TPSA) is 105 Å². The summed E-state index contributed by atoms with van der Waals surface area (Å²) < 4.78 is 5.55. The van der Waals surface area contributed by atoms with Crippen molar-refractivity contribution in [3.05, 3.63) is 29.8 Å². The fourth-order valence-corrected chi connectivity index (χ4v) is 2.41. The van der Waals surface area contributed by atoms with Crippen molar-refractivity contribution in [1.29, 1.82) is 0 Å². The summed E-state index contributed by atoms with van der Waals surface area (Å²) in [7, 11) is 0. The van der Waals surface area contributed by atoms with E-state index in [-0.39, 0.29) is 12.3 Å². The number of piperazine rings is 1. The van der Waals surface area contributed by atoms with E-state index in [4.69, 9.17) is 10.6 Å². The molecule has 8 nitrogen and oxygen atoms in total. The van der Waals surface area contributed by atoms with Gasteiger partial charge in [-0.3, -0.25) is 19.8 Å². The number of ether oxygens (including phenoxy) is 1. The molecule has 0 saturated carbocycles. The van der Waals surface area contributed by atoms with Crippen molar-refractivity contribution in [3.8, 4) is 5.75 Å². The molecular formula is C16H22N4O4. The van der Waals surface area contributed by atoms with Crippen LogP contribution in [-0.4, -0.2) is 60.3 Å². The number of carbonyl (C=O) groups is 3. The van der Waals surface area contributed by atoms with E-state index < -0.39 is 11.8 Å². The summed E-state index contributed by atoms with van der Waals surface area (Å²) in [6.07, 6.45) is 0.269. The number of benzene rings is 1. The van der Waals surface area contributed by atoms with Crippen LogP contribution in [0, 0.1) is 6.92 Å². The highest BCUT2D eigenvalue weighted by Gasteiger charge is 2.27. The van der Waals surface area contributed by atoms with E-state index >= 15 is 0 Å². The molecule has 0 spiro atoms. The van der Waals surface area contributed by atoms with Gasteiger partial charge in [-0.2, -0.15) is 0 Å². The monoisotopic (exact) mass is 334 g/mol. The van der Waals surface area contributed by atoms with Crippen LogP contribution in [0.5, 0.6) is 5.75 Å². The Kier molecular flexibility index (Phi) is 6.14. The smallest absolute Gasteiger partial charge is 0.323 e. The van der Waals surface area contributed by atoms with Crippen molar-refractivity contribution in [2.75, 3.05) is 32.8 Å². The van der Waals surface area contributed by atoms with Crippen molar-refractivity contribution < 1.29 is 19.1 Å². The fourth-order valence-electron chi connectivity index (χ4n) is 2.41. The Bertz CT molecular complexity index is 595. The lowest BCUT2D eigenvalue weighted by Gasteiger charge is -2.34. The van der Waals surface area contributed by atoms with Crippen LogP contribution in [0.25, 0.3) is 0 Å². The van der Waals surface area contributed by atoms with Crippen LogP contribution < -0.4 is 16.0 Å². The van der Waals surface area contributed by atoms with E-state index in [1.54, 1.807) is 4.90 Å². The zero-order chi connectivity index (χ0) is 17.5. The number of rotatable bonds is 4. The van der Waals surface area contributed by atoms with Crippen LogP contribution in [-0.2, 0) is 14.4 Å². The first-order valence-electron chi connectivity index (χ1n) is 7.78. The molecule has 1 aliphatic rings. The lowest BCUT2D eigenvalue weighted by molar-refractivity contribution is -0.148. The first-order valence-corrected chi connectivity index (χ1v) is 7.78. The molecule has 1 heterocycles. The van der Waals surface area contributed by atoms with Crippen molar-refractivity contribution in [1.82, 2.24) is 15.2 Å². The Labute approximate surface area is 140 Å². The van der Waals surface area contributed by atoms with Gasteiger partial charge < -0.3 is 14.5 Å².